The lowest BCUT2D eigenvalue weighted by atomic mass is 9.90. The summed E-state index contributed by atoms with van der Waals surface area (Å²) in [5.74, 6) is 1.96. The minimum absolute atomic E-state index is 0.0168. The first-order valence-electron chi connectivity index (χ1n) is 12.9. The predicted molar refractivity (Wildman–Crippen MR) is 145 cm³/mol. The third-order valence-electron chi connectivity index (χ3n) is 6.83. The fraction of sp³-hybridized carbons (Fsp3) is 0.448. The van der Waals surface area contributed by atoms with Gasteiger partial charge in [-0.25, -0.2) is 4.98 Å². The molecule has 7 heteroatoms. The normalized spacial score (nSPS) is 15.6. The molecule has 3 aromatic rings. The molecule has 6 nitrogen and oxygen atoms in total. The molecule has 192 valence electrons. The Hall–Kier alpha value is -2.77. The lowest BCUT2D eigenvalue weighted by Gasteiger charge is -2.32. The highest BCUT2D eigenvalue weighted by molar-refractivity contribution is 7.84. The average molecular weight is 508 g/mol. The zero-order valence-electron chi connectivity index (χ0n) is 21.4. The van der Waals surface area contributed by atoms with Crippen molar-refractivity contribution in [2.24, 2.45) is 5.92 Å². The predicted octanol–water partition coefficient (Wildman–Crippen LogP) is 4.67. The molecule has 1 saturated heterocycles. The average Bonchev–Trinajstić information content (AvgIpc) is 3.23. The first kappa shape index (κ1) is 26.3. The number of likely N-dealkylation sites (tertiary alicyclic amines) is 1. The van der Waals surface area contributed by atoms with Gasteiger partial charge < -0.3 is 14.6 Å². The van der Waals surface area contributed by atoms with Crippen LogP contribution in [0, 0.1) is 19.8 Å². The van der Waals surface area contributed by atoms with Crippen LogP contribution in [0.5, 0.6) is 0 Å². The van der Waals surface area contributed by atoms with Crippen molar-refractivity contribution < 1.29 is 13.4 Å². The fourth-order valence-electron chi connectivity index (χ4n) is 4.67. The van der Waals surface area contributed by atoms with E-state index >= 15 is 0 Å². The second-order valence-electron chi connectivity index (χ2n) is 9.79. The molecule has 1 N–H and O–H groups in total. The summed E-state index contributed by atoms with van der Waals surface area (Å²) in [4.78, 5) is 19.3. The number of rotatable bonds is 11. The molecule has 1 amide bonds. The van der Waals surface area contributed by atoms with Gasteiger partial charge in [0.1, 0.15) is 11.5 Å². The number of aromatic nitrogens is 1. The number of hydrogen-bond donors (Lipinski definition) is 1. The fourth-order valence-corrected chi connectivity index (χ4v) is 5.74. The highest BCUT2D eigenvalue weighted by atomic mass is 32.2. The summed E-state index contributed by atoms with van der Waals surface area (Å²) in [7, 11) is -1.33. The van der Waals surface area contributed by atoms with Crippen molar-refractivity contribution in [3.63, 3.8) is 0 Å². The number of amides is 1. The topological polar surface area (TPSA) is 75.4 Å². The van der Waals surface area contributed by atoms with Gasteiger partial charge >= 0.3 is 0 Å². The van der Waals surface area contributed by atoms with Gasteiger partial charge in [0.15, 0.2) is 0 Å². The van der Waals surface area contributed by atoms with Crippen molar-refractivity contribution in [2.45, 2.75) is 45.3 Å². The molecule has 4 rings (SSSR count). The molecule has 1 fully saturated rings. The summed E-state index contributed by atoms with van der Waals surface area (Å²) in [5, 5.41) is 2.93. The zero-order valence-corrected chi connectivity index (χ0v) is 22.2. The second-order valence-corrected chi connectivity index (χ2v) is 11.3. The van der Waals surface area contributed by atoms with Crippen LogP contribution in [0.4, 0.5) is 0 Å². The van der Waals surface area contributed by atoms with E-state index in [2.05, 4.69) is 45.5 Å². The minimum Gasteiger partial charge on any atom is -0.441 e. The van der Waals surface area contributed by atoms with E-state index in [1.165, 1.54) is 24.8 Å². The summed E-state index contributed by atoms with van der Waals surface area (Å²) in [5.41, 5.74) is 4.13. The summed E-state index contributed by atoms with van der Waals surface area (Å²) in [6, 6.07) is 18.7. The molecule has 1 aliphatic rings. The minimum atomic E-state index is -1.33. The van der Waals surface area contributed by atoms with Crippen LogP contribution in [0.25, 0.3) is 11.5 Å². The standard InChI is InChI=1S/C29H37N3O3S/c1-22-9-11-26(12-10-22)29-31-27(23(2)35-29)20-36(34)21-28(33)30-15-6-16-32-17-13-25(14-18-32)19-24-7-4-3-5-8-24/h3-5,7-12,25H,6,13-21H2,1-2H3,(H,30,33). The van der Waals surface area contributed by atoms with Gasteiger partial charge in [0.25, 0.3) is 0 Å². The van der Waals surface area contributed by atoms with E-state index in [0.717, 1.165) is 43.1 Å². The van der Waals surface area contributed by atoms with E-state index in [4.69, 9.17) is 4.42 Å². The van der Waals surface area contributed by atoms with Crippen molar-refractivity contribution in [3.8, 4) is 11.5 Å². The van der Waals surface area contributed by atoms with Crippen LogP contribution in [0.3, 0.4) is 0 Å². The molecular formula is C29H37N3O3S. The van der Waals surface area contributed by atoms with Crippen molar-refractivity contribution in [3.05, 3.63) is 77.2 Å². The van der Waals surface area contributed by atoms with Crippen LogP contribution in [0.15, 0.2) is 59.0 Å². The molecular weight excluding hydrogens is 470 g/mol. The third-order valence-corrected chi connectivity index (χ3v) is 8.01. The Kier molecular flexibility index (Phi) is 9.47. The first-order valence-corrected chi connectivity index (χ1v) is 14.4. The Balaban J connectivity index is 1.11. The SMILES string of the molecule is Cc1ccc(-c2nc(CS(=O)CC(=O)NCCCN3CCC(Cc4ccccc4)CC3)c(C)o2)cc1. The van der Waals surface area contributed by atoms with Gasteiger partial charge in [-0.15, -0.1) is 0 Å². The maximum Gasteiger partial charge on any atom is 0.232 e. The van der Waals surface area contributed by atoms with Crippen LogP contribution in [0.1, 0.15) is 41.8 Å². The smallest absolute Gasteiger partial charge is 0.232 e. The number of aryl methyl sites for hydroxylation is 2. The molecule has 36 heavy (non-hydrogen) atoms. The molecule has 0 spiro atoms. The van der Waals surface area contributed by atoms with Gasteiger partial charge in [-0.1, -0.05) is 48.0 Å². The summed E-state index contributed by atoms with van der Waals surface area (Å²) in [6.45, 7) is 7.69. The van der Waals surface area contributed by atoms with E-state index in [1.807, 2.05) is 38.1 Å². The van der Waals surface area contributed by atoms with E-state index in [-0.39, 0.29) is 17.4 Å². The molecule has 1 aromatic heterocycles. The van der Waals surface area contributed by atoms with E-state index < -0.39 is 10.8 Å². The Bertz CT molecular complexity index is 1140. The maximum atomic E-state index is 12.6. The summed E-state index contributed by atoms with van der Waals surface area (Å²) < 4.78 is 18.3. The second kappa shape index (κ2) is 13.0. The Labute approximate surface area is 217 Å². The Morgan fingerprint density at radius 1 is 1.08 bits per heavy atom. The number of carbonyl (C=O) groups is 1. The summed E-state index contributed by atoms with van der Waals surface area (Å²) >= 11 is 0. The van der Waals surface area contributed by atoms with Gasteiger partial charge in [0.2, 0.25) is 11.8 Å². The number of nitrogens with one attached hydrogen (secondary N) is 1. The molecule has 0 aliphatic carbocycles. The Morgan fingerprint density at radius 3 is 2.53 bits per heavy atom. The maximum absolute atomic E-state index is 12.6. The van der Waals surface area contributed by atoms with Crippen molar-refractivity contribution in [1.29, 1.82) is 0 Å². The van der Waals surface area contributed by atoms with Crippen molar-refractivity contribution >= 4 is 16.7 Å². The largest absolute Gasteiger partial charge is 0.441 e. The molecule has 1 unspecified atom stereocenters. The van der Waals surface area contributed by atoms with Gasteiger partial charge in [-0.2, -0.15) is 0 Å². The highest BCUT2D eigenvalue weighted by Crippen LogP contribution is 2.23. The Morgan fingerprint density at radius 2 is 1.81 bits per heavy atom. The molecule has 1 aliphatic heterocycles. The van der Waals surface area contributed by atoms with Gasteiger partial charge in [-0.3, -0.25) is 9.00 Å². The number of hydrogen-bond acceptors (Lipinski definition) is 5. The lowest BCUT2D eigenvalue weighted by Crippen LogP contribution is -2.37. The first-order chi connectivity index (χ1) is 17.5. The van der Waals surface area contributed by atoms with E-state index in [0.29, 0.717) is 23.9 Å². The van der Waals surface area contributed by atoms with Gasteiger partial charge in [-0.05, 0) is 82.8 Å². The van der Waals surface area contributed by atoms with Crippen molar-refractivity contribution in [1.82, 2.24) is 15.2 Å². The molecule has 0 bridgehead atoms. The number of piperidine rings is 1. The van der Waals surface area contributed by atoms with Crippen LogP contribution < -0.4 is 5.32 Å². The molecule has 2 aromatic carbocycles. The highest BCUT2D eigenvalue weighted by Gasteiger charge is 2.19. The van der Waals surface area contributed by atoms with E-state index in [1.54, 1.807) is 0 Å². The molecule has 0 saturated carbocycles. The lowest BCUT2D eigenvalue weighted by molar-refractivity contribution is -0.118. The number of nitrogens with zero attached hydrogens (tertiary/aromatic N) is 2. The monoisotopic (exact) mass is 507 g/mol. The number of benzene rings is 2. The summed E-state index contributed by atoms with van der Waals surface area (Å²) in [6.07, 6.45) is 4.54. The number of carbonyl (C=O) groups excluding carboxylic acids is 1. The van der Waals surface area contributed by atoms with Gasteiger partial charge in [0, 0.05) is 22.9 Å². The van der Waals surface area contributed by atoms with Crippen LogP contribution in [-0.2, 0) is 27.8 Å². The van der Waals surface area contributed by atoms with Crippen LogP contribution >= 0.6 is 0 Å². The molecule has 1 atom stereocenters. The number of oxazole rings is 1. The quantitative estimate of drug-likeness (QED) is 0.382. The van der Waals surface area contributed by atoms with Gasteiger partial charge in [0.05, 0.1) is 11.4 Å². The van der Waals surface area contributed by atoms with Crippen molar-refractivity contribution in [2.75, 3.05) is 31.9 Å². The van der Waals surface area contributed by atoms with E-state index in [9.17, 15) is 9.00 Å². The molecule has 2 heterocycles. The molecule has 0 radical (unpaired) electrons. The van der Waals surface area contributed by atoms with Crippen LogP contribution in [-0.4, -0.2) is 51.9 Å². The van der Waals surface area contributed by atoms with Crippen LogP contribution in [0.2, 0.25) is 0 Å². The third kappa shape index (κ3) is 7.87. The zero-order chi connectivity index (χ0) is 25.3.